The van der Waals surface area contributed by atoms with Crippen LogP contribution in [0.1, 0.15) is 36.0 Å². The molecule has 1 aromatic carbocycles. The van der Waals surface area contributed by atoms with Crippen LogP contribution in [0.25, 0.3) is 0 Å². The van der Waals surface area contributed by atoms with Gasteiger partial charge in [-0.25, -0.2) is 4.72 Å². The van der Waals surface area contributed by atoms with E-state index in [1.165, 1.54) is 23.3 Å². The lowest BCUT2D eigenvalue weighted by atomic mass is 9.86. The second-order valence-corrected chi connectivity index (χ2v) is 9.39. The van der Waals surface area contributed by atoms with Crippen LogP contribution >= 0.6 is 12.2 Å². The van der Waals surface area contributed by atoms with E-state index in [9.17, 15) is 13.2 Å². The maximum atomic E-state index is 12.4. The van der Waals surface area contributed by atoms with Crippen molar-refractivity contribution < 1.29 is 13.2 Å². The Labute approximate surface area is 167 Å². The van der Waals surface area contributed by atoms with Crippen LogP contribution in [0.15, 0.2) is 30.3 Å². The number of hydrogen-bond acceptors (Lipinski definition) is 4. The van der Waals surface area contributed by atoms with Gasteiger partial charge in [0.05, 0.1) is 0 Å². The molecule has 7 nitrogen and oxygen atoms in total. The number of hydrogen-bond donors (Lipinski definition) is 2. The van der Waals surface area contributed by atoms with Gasteiger partial charge in [0.2, 0.25) is 0 Å². The van der Waals surface area contributed by atoms with E-state index in [-0.39, 0.29) is 11.9 Å². The average Bonchev–Trinajstić information content (AvgIpc) is 2.66. The molecular formula is C18H28N4O3S2. The third-order valence-corrected chi connectivity index (χ3v) is 6.72. The minimum atomic E-state index is -3.37. The van der Waals surface area contributed by atoms with Crippen molar-refractivity contribution in [3.05, 3.63) is 35.9 Å². The third kappa shape index (κ3) is 6.24. The second kappa shape index (κ2) is 9.59. The van der Waals surface area contributed by atoms with Gasteiger partial charge in [-0.1, -0.05) is 18.2 Å². The summed E-state index contributed by atoms with van der Waals surface area (Å²) in [5.74, 6) is 0.176. The van der Waals surface area contributed by atoms with E-state index in [0.29, 0.717) is 23.1 Å². The number of nitrogens with zero attached hydrogens (tertiary/aromatic N) is 2. The van der Waals surface area contributed by atoms with E-state index >= 15 is 0 Å². The quantitative estimate of drug-likeness (QED) is 0.694. The number of nitrogens with one attached hydrogen (secondary N) is 2. The van der Waals surface area contributed by atoms with Gasteiger partial charge in [0, 0.05) is 39.3 Å². The molecule has 0 spiro atoms. The fourth-order valence-electron chi connectivity index (χ4n) is 3.00. The molecule has 2 rings (SSSR count). The summed E-state index contributed by atoms with van der Waals surface area (Å²) in [6.07, 6.45) is 3.60. The fraction of sp³-hybridized carbons (Fsp3) is 0.556. The van der Waals surface area contributed by atoms with Gasteiger partial charge in [-0.05, 0) is 56.0 Å². The molecule has 2 N–H and O–H groups in total. The summed E-state index contributed by atoms with van der Waals surface area (Å²) >= 11 is 5.39. The van der Waals surface area contributed by atoms with Crippen molar-refractivity contribution in [1.82, 2.24) is 19.2 Å². The van der Waals surface area contributed by atoms with Crippen LogP contribution in [-0.4, -0.2) is 62.4 Å². The molecule has 0 heterocycles. The highest BCUT2D eigenvalue weighted by Crippen LogP contribution is 2.24. The summed E-state index contributed by atoms with van der Waals surface area (Å²) in [6, 6.07) is 9.24. The van der Waals surface area contributed by atoms with Crippen molar-refractivity contribution in [2.45, 2.75) is 31.7 Å². The molecule has 1 saturated carbocycles. The Morgan fingerprint density at radius 2 is 1.70 bits per heavy atom. The van der Waals surface area contributed by atoms with Crippen LogP contribution in [0.2, 0.25) is 0 Å². The van der Waals surface area contributed by atoms with E-state index in [0.717, 1.165) is 25.7 Å². The van der Waals surface area contributed by atoms with Gasteiger partial charge in [0.1, 0.15) is 0 Å². The molecule has 1 amide bonds. The molecule has 1 fully saturated rings. The normalized spacial score (nSPS) is 20.3. The number of rotatable bonds is 6. The van der Waals surface area contributed by atoms with Gasteiger partial charge in [-0.3, -0.25) is 9.69 Å². The van der Waals surface area contributed by atoms with E-state index in [4.69, 9.17) is 12.2 Å². The number of carbonyl (C=O) groups is 1. The lowest BCUT2D eigenvalue weighted by Gasteiger charge is -2.31. The van der Waals surface area contributed by atoms with E-state index in [1.807, 2.05) is 18.2 Å². The zero-order valence-electron chi connectivity index (χ0n) is 16.0. The zero-order chi connectivity index (χ0) is 20.0. The highest BCUT2D eigenvalue weighted by atomic mass is 32.2. The molecule has 0 saturated heterocycles. The lowest BCUT2D eigenvalue weighted by molar-refractivity contribution is 0.0868. The smallest absolute Gasteiger partial charge is 0.278 e. The molecule has 150 valence electrons. The second-order valence-electron chi connectivity index (χ2n) is 7.03. The van der Waals surface area contributed by atoms with Gasteiger partial charge >= 0.3 is 0 Å². The minimum Gasteiger partial charge on any atom is -0.359 e. The average molecular weight is 413 g/mol. The highest BCUT2D eigenvalue weighted by Gasteiger charge is 2.25. The topological polar surface area (TPSA) is 81.8 Å². The maximum Gasteiger partial charge on any atom is 0.278 e. The molecule has 0 atom stereocenters. The molecule has 0 bridgehead atoms. The number of thiocarbonyl (C=S) groups is 1. The Balaban J connectivity index is 1.78. The van der Waals surface area contributed by atoms with E-state index in [2.05, 4.69) is 10.0 Å². The molecular weight excluding hydrogens is 384 g/mol. The summed E-state index contributed by atoms with van der Waals surface area (Å²) in [7, 11) is 1.32. The Morgan fingerprint density at radius 3 is 2.26 bits per heavy atom. The standard InChI is InChI=1S/C18H28N4O3S2/c1-21(2)27(24,25)19-13-14-9-11-16(12-10-14)20-18(26)22(3)17(23)15-7-5-4-6-8-15/h4-8,14,16,19H,9-13H2,1-3H3,(H,20,26). The largest absolute Gasteiger partial charge is 0.359 e. The first-order valence-electron chi connectivity index (χ1n) is 9.01. The van der Waals surface area contributed by atoms with Crippen molar-refractivity contribution in [1.29, 1.82) is 0 Å². The first kappa shape index (κ1) is 21.7. The zero-order valence-corrected chi connectivity index (χ0v) is 17.6. The molecule has 1 aliphatic carbocycles. The number of amides is 1. The van der Waals surface area contributed by atoms with E-state index in [1.54, 1.807) is 19.2 Å². The van der Waals surface area contributed by atoms with Crippen LogP contribution in [0.4, 0.5) is 0 Å². The lowest BCUT2D eigenvalue weighted by Crippen LogP contribution is -2.47. The van der Waals surface area contributed by atoms with E-state index < -0.39 is 10.2 Å². The number of carbonyl (C=O) groups excluding carboxylic acids is 1. The predicted molar refractivity (Wildman–Crippen MR) is 111 cm³/mol. The third-order valence-electron chi connectivity index (χ3n) is 4.84. The molecule has 27 heavy (non-hydrogen) atoms. The fourth-order valence-corrected chi connectivity index (χ4v) is 3.96. The number of benzene rings is 1. The van der Waals surface area contributed by atoms with Gasteiger partial charge < -0.3 is 5.32 Å². The van der Waals surface area contributed by atoms with Crippen molar-refractivity contribution in [3.63, 3.8) is 0 Å². The first-order chi connectivity index (χ1) is 12.7. The first-order valence-corrected chi connectivity index (χ1v) is 10.9. The van der Waals surface area contributed by atoms with Crippen LogP contribution in [0, 0.1) is 5.92 Å². The van der Waals surface area contributed by atoms with Gasteiger partial charge in [-0.15, -0.1) is 0 Å². The highest BCUT2D eigenvalue weighted by molar-refractivity contribution is 7.87. The molecule has 0 aliphatic heterocycles. The molecule has 0 aromatic heterocycles. The molecule has 0 unspecified atom stereocenters. The van der Waals surface area contributed by atoms with Crippen molar-refractivity contribution in [2.75, 3.05) is 27.7 Å². The van der Waals surface area contributed by atoms with Gasteiger partial charge in [0.15, 0.2) is 5.11 Å². The predicted octanol–water partition coefficient (Wildman–Crippen LogP) is 1.59. The summed E-state index contributed by atoms with van der Waals surface area (Å²) in [6.45, 7) is 0.448. The van der Waals surface area contributed by atoms with Crippen molar-refractivity contribution in [2.24, 2.45) is 5.92 Å². The minimum absolute atomic E-state index is 0.139. The van der Waals surface area contributed by atoms with Crippen molar-refractivity contribution >= 4 is 33.4 Å². The Hall–Kier alpha value is -1.55. The maximum absolute atomic E-state index is 12.4. The molecule has 1 aliphatic rings. The Kier molecular flexibility index (Phi) is 7.72. The monoisotopic (exact) mass is 412 g/mol. The Bertz CT molecular complexity index is 745. The van der Waals surface area contributed by atoms with Crippen LogP contribution < -0.4 is 10.0 Å². The Morgan fingerprint density at radius 1 is 1.11 bits per heavy atom. The molecule has 1 aromatic rings. The summed E-state index contributed by atoms with van der Waals surface area (Å²) < 4.78 is 27.4. The molecule has 9 heteroatoms. The summed E-state index contributed by atoms with van der Waals surface area (Å²) in [5.41, 5.74) is 0.598. The SMILES string of the molecule is CN(C(=O)c1ccccc1)C(=S)NC1CCC(CNS(=O)(=O)N(C)C)CC1. The van der Waals surface area contributed by atoms with Gasteiger partial charge in [-0.2, -0.15) is 12.7 Å². The molecule has 0 radical (unpaired) electrons. The summed E-state index contributed by atoms with van der Waals surface area (Å²) in [4.78, 5) is 13.9. The van der Waals surface area contributed by atoms with Crippen LogP contribution in [-0.2, 0) is 10.2 Å². The van der Waals surface area contributed by atoms with Crippen LogP contribution in [0.5, 0.6) is 0 Å². The summed E-state index contributed by atoms with van der Waals surface area (Å²) in [5, 5.41) is 3.69. The van der Waals surface area contributed by atoms with Gasteiger partial charge in [0.25, 0.3) is 16.1 Å². The van der Waals surface area contributed by atoms with Crippen molar-refractivity contribution in [3.8, 4) is 0 Å². The van der Waals surface area contributed by atoms with Crippen LogP contribution in [0.3, 0.4) is 0 Å².